The molecular formula is C28H26ClF3N4O3. The van der Waals surface area contributed by atoms with Crippen LogP contribution in [0.5, 0.6) is 0 Å². The number of carbonyl (C=O) groups excluding carboxylic acids is 3. The number of alkyl halides is 2. The number of aromatic nitrogens is 1. The van der Waals surface area contributed by atoms with Gasteiger partial charge in [-0.3, -0.25) is 24.3 Å². The molecule has 204 valence electrons. The number of amides is 3. The third-order valence-electron chi connectivity index (χ3n) is 6.41. The lowest BCUT2D eigenvalue weighted by molar-refractivity contribution is -0.131. The van der Waals surface area contributed by atoms with Gasteiger partial charge in [-0.1, -0.05) is 35.9 Å². The van der Waals surface area contributed by atoms with Crippen molar-refractivity contribution in [2.75, 3.05) is 16.3 Å². The highest BCUT2D eigenvalue weighted by Gasteiger charge is 2.47. The second-order valence-electron chi connectivity index (χ2n) is 9.25. The van der Waals surface area contributed by atoms with E-state index in [1.165, 1.54) is 18.2 Å². The van der Waals surface area contributed by atoms with Crippen LogP contribution < -0.4 is 15.1 Å². The van der Waals surface area contributed by atoms with Crippen LogP contribution >= 0.6 is 11.6 Å². The maximum absolute atomic E-state index is 13.6. The van der Waals surface area contributed by atoms with Crippen LogP contribution in [0.1, 0.15) is 37.3 Å². The lowest BCUT2D eigenvalue weighted by atomic mass is 9.87. The fraction of sp³-hybridized carbons (Fsp3) is 0.286. The van der Waals surface area contributed by atoms with E-state index in [9.17, 15) is 27.6 Å². The van der Waals surface area contributed by atoms with Gasteiger partial charge in [0.15, 0.2) is 0 Å². The van der Waals surface area contributed by atoms with Crippen molar-refractivity contribution in [3.63, 3.8) is 0 Å². The van der Waals surface area contributed by atoms with Crippen molar-refractivity contribution >= 4 is 41.2 Å². The van der Waals surface area contributed by atoms with Crippen LogP contribution in [0.2, 0.25) is 5.02 Å². The molecule has 0 bridgehead atoms. The van der Waals surface area contributed by atoms with Crippen LogP contribution in [-0.2, 0) is 14.4 Å². The maximum atomic E-state index is 13.6. The summed E-state index contributed by atoms with van der Waals surface area (Å²) in [4.78, 5) is 42.7. The third kappa shape index (κ3) is 6.94. The molecule has 1 aliphatic heterocycles. The molecule has 1 aromatic heterocycles. The summed E-state index contributed by atoms with van der Waals surface area (Å²) in [5.41, 5.74) is 1.36. The molecule has 1 saturated carbocycles. The first-order valence-electron chi connectivity index (χ1n) is 12.3. The highest BCUT2D eigenvalue weighted by Crippen LogP contribution is 2.38. The number of hydrogen-bond donors (Lipinski definition) is 1. The van der Waals surface area contributed by atoms with Crippen LogP contribution in [0.4, 0.5) is 24.5 Å². The lowest BCUT2D eigenvalue weighted by Crippen LogP contribution is -2.53. The molecule has 2 heterocycles. The Hall–Kier alpha value is -3.92. The molecular weight excluding hydrogens is 533 g/mol. The molecule has 2 aliphatic rings. The average Bonchev–Trinajstić information content (AvgIpc) is 3.33. The quantitative estimate of drug-likeness (QED) is 0.399. The summed E-state index contributed by atoms with van der Waals surface area (Å²) < 4.78 is 39.8. The van der Waals surface area contributed by atoms with E-state index >= 15 is 0 Å². The zero-order chi connectivity index (χ0) is 28.0. The van der Waals surface area contributed by atoms with Crippen molar-refractivity contribution in [3.8, 4) is 0 Å². The number of carbonyl (C=O) groups is 3. The predicted octanol–water partition coefficient (Wildman–Crippen LogP) is 5.31. The van der Waals surface area contributed by atoms with E-state index in [0.717, 1.165) is 29.6 Å². The molecule has 1 unspecified atom stereocenters. The average molecular weight is 559 g/mol. The Morgan fingerprint density at radius 3 is 2.51 bits per heavy atom. The zero-order valence-corrected chi connectivity index (χ0v) is 21.5. The summed E-state index contributed by atoms with van der Waals surface area (Å²) in [6.07, 6.45) is 4.54. The minimum atomic E-state index is -2.80. The molecule has 1 N–H and O–H groups in total. The van der Waals surface area contributed by atoms with Crippen LogP contribution in [0.25, 0.3) is 0 Å². The Morgan fingerprint density at radius 2 is 1.92 bits per heavy atom. The number of nitrogens with one attached hydrogen (secondary N) is 1. The van der Waals surface area contributed by atoms with Gasteiger partial charge in [-0.05, 0) is 42.8 Å². The molecule has 11 heteroatoms. The van der Waals surface area contributed by atoms with Gasteiger partial charge in [-0.15, -0.1) is 0 Å². The van der Waals surface area contributed by atoms with Crippen LogP contribution in [0.3, 0.4) is 0 Å². The normalized spacial score (nSPS) is 16.9. The fourth-order valence-electron chi connectivity index (χ4n) is 4.50. The van der Waals surface area contributed by atoms with Gasteiger partial charge in [0.2, 0.25) is 18.2 Å². The Kier molecular flexibility index (Phi) is 8.86. The van der Waals surface area contributed by atoms with E-state index in [1.54, 1.807) is 41.6 Å². The summed E-state index contributed by atoms with van der Waals surface area (Å²) >= 11 is 6.20. The molecule has 1 atom stereocenters. The van der Waals surface area contributed by atoms with E-state index in [-0.39, 0.29) is 16.6 Å². The van der Waals surface area contributed by atoms with Crippen molar-refractivity contribution in [2.45, 2.75) is 43.7 Å². The summed E-state index contributed by atoms with van der Waals surface area (Å²) in [5, 5.41) is 2.75. The van der Waals surface area contributed by atoms with Gasteiger partial charge in [0.05, 0.1) is 11.9 Å². The molecule has 5 rings (SSSR count). The SMILES string of the molecule is O=C1CCCN1c1cccnc1.O=CN(c1cccc(F)c1)C(C(=O)NC1CC(F)(F)C1)c1ccccc1Cl. The summed E-state index contributed by atoms with van der Waals surface area (Å²) in [7, 11) is 0. The van der Waals surface area contributed by atoms with Gasteiger partial charge in [0, 0.05) is 54.3 Å². The van der Waals surface area contributed by atoms with Crippen LogP contribution in [-0.4, -0.2) is 41.7 Å². The maximum Gasteiger partial charge on any atom is 0.252 e. The molecule has 1 saturated heterocycles. The first-order valence-corrected chi connectivity index (χ1v) is 12.7. The summed E-state index contributed by atoms with van der Waals surface area (Å²) in [5.74, 6) is -3.84. The summed E-state index contributed by atoms with van der Waals surface area (Å²) in [6, 6.07) is 13.4. The Morgan fingerprint density at radius 1 is 1.15 bits per heavy atom. The van der Waals surface area contributed by atoms with Crippen molar-refractivity contribution in [1.29, 1.82) is 0 Å². The van der Waals surface area contributed by atoms with Crippen molar-refractivity contribution in [3.05, 3.63) is 89.5 Å². The number of halogens is 4. The fourth-order valence-corrected chi connectivity index (χ4v) is 4.74. The number of nitrogens with zero attached hydrogens (tertiary/aromatic N) is 3. The van der Waals surface area contributed by atoms with E-state index in [4.69, 9.17) is 11.6 Å². The molecule has 0 spiro atoms. The topological polar surface area (TPSA) is 82.6 Å². The largest absolute Gasteiger partial charge is 0.351 e. The number of rotatable bonds is 7. The molecule has 39 heavy (non-hydrogen) atoms. The molecule has 1 aliphatic carbocycles. The highest BCUT2D eigenvalue weighted by molar-refractivity contribution is 6.31. The number of hydrogen-bond acceptors (Lipinski definition) is 4. The van der Waals surface area contributed by atoms with E-state index in [0.29, 0.717) is 18.4 Å². The molecule has 7 nitrogen and oxygen atoms in total. The van der Waals surface area contributed by atoms with Crippen LogP contribution in [0.15, 0.2) is 73.1 Å². The van der Waals surface area contributed by atoms with Gasteiger partial charge in [0.1, 0.15) is 11.9 Å². The van der Waals surface area contributed by atoms with E-state index in [1.807, 2.05) is 12.1 Å². The standard InChI is InChI=1S/C19H16ClF3N2O2.C9H10N2O/c20-16-7-2-1-6-15(16)17(18(27)24-13-9-19(22,23)10-13)25(11-26)14-5-3-4-12(21)8-14;12-9-4-2-6-11(9)8-3-1-5-10-7-8/h1-8,11,13,17H,9-10H2,(H,24,27);1,3,5,7H,2,4,6H2. The van der Waals surface area contributed by atoms with Crippen molar-refractivity contribution in [2.24, 2.45) is 0 Å². The highest BCUT2D eigenvalue weighted by atomic mass is 35.5. The molecule has 2 fully saturated rings. The second kappa shape index (κ2) is 12.3. The van der Waals surface area contributed by atoms with Crippen molar-refractivity contribution < 1.29 is 27.6 Å². The number of anilines is 2. The number of pyridine rings is 1. The van der Waals surface area contributed by atoms with Gasteiger partial charge in [0.25, 0.3) is 5.92 Å². The minimum Gasteiger partial charge on any atom is -0.351 e. The van der Waals surface area contributed by atoms with E-state index in [2.05, 4.69) is 10.3 Å². The first-order chi connectivity index (χ1) is 18.7. The third-order valence-corrected chi connectivity index (χ3v) is 6.76. The monoisotopic (exact) mass is 558 g/mol. The Balaban J connectivity index is 0.000000243. The zero-order valence-electron chi connectivity index (χ0n) is 20.8. The Bertz CT molecular complexity index is 1320. The van der Waals surface area contributed by atoms with Crippen LogP contribution in [0, 0.1) is 5.82 Å². The second-order valence-corrected chi connectivity index (χ2v) is 9.65. The molecule has 0 radical (unpaired) electrons. The van der Waals surface area contributed by atoms with E-state index < -0.39 is 42.6 Å². The van der Waals surface area contributed by atoms with Gasteiger partial charge in [-0.25, -0.2) is 13.2 Å². The number of benzene rings is 2. The van der Waals surface area contributed by atoms with Gasteiger partial charge >= 0.3 is 0 Å². The Labute approximate surface area is 228 Å². The summed E-state index contributed by atoms with van der Waals surface area (Å²) in [6.45, 7) is 0.838. The molecule has 2 aromatic carbocycles. The predicted molar refractivity (Wildman–Crippen MR) is 141 cm³/mol. The van der Waals surface area contributed by atoms with Crippen molar-refractivity contribution in [1.82, 2.24) is 10.3 Å². The first kappa shape index (κ1) is 28.1. The smallest absolute Gasteiger partial charge is 0.252 e. The lowest BCUT2D eigenvalue weighted by Gasteiger charge is -2.37. The minimum absolute atomic E-state index is 0.143. The molecule has 3 aromatic rings. The van der Waals surface area contributed by atoms with Gasteiger partial charge < -0.3 is 10.2 Å². The molecule has 3 amide bonds. The van der Waals surface area contributed by atoms with Gasteiger partial charge in [-0.2, -0.15) is 0 Å².